The van der Waals surface area contributed by atoms with Crippen molar-refractivity contribution < 1.29 is 0 Å². The van der Waals surface area contributed by atoms with E-state index in [1.54, 1.807) is 0 Å². The van der Waals surface area contributed by atoms with Crippen LogP contribution in [0.2, 0.25) is 0 Å². The molecule has 0 amide bonds. The minimum atomic E-state index is 0.665. The molecule has 0 aromatic rings. The van der Waals surface area contributed by atoms with Crippen LogP contribution in [0.15, 0.2) is 12.7 Å². The molecule has 1 unspecified atom stereocenters. The van der Waals surface area contributed by atoms with E-state index in [4.69, 9.17) is 0 Å². The number of nitrogens with one attached hydrogen (secondary N) is 1. The summed E-state index contributed by atoms with van der Waals surface area (Å²) in [5, 5.41) is 3.52. The standard InChI is InChI=1S/C15H31N/c1-4-7-8-9-10-11-12-14-15(13-5-2)16-6-3/h5,15-16H,2,4,6-14H2,1,3H3. The molecule has 0 radical (unpaired) electrons. The Bertz CT molecular complexity index is 142. The van der Waals surface area contributed by atoms with Crippen LogP contribution in [0.25, 0.3) is 0 Å². The maximum Gasteiger partial charge on any atom is 0.0101 e. The van der Waals surface area contributed by atoms with Crippen LogP contribution in [0.5, 0.6) is 0 Å². The highest BCUT2D eigenvalue weighted by Crippen LogP contribution is 2.11. The first kappa shape index (κ1) is 15.7. The van der Waals surface area contributed by atoms with Gasteiger partial charge in [0.25, 0.3) is 0 Å². The van der Waals surface area contributed by atoms with Gasteiger partial charge in [-0.2, -0.15) is 0 Å². The van der Waals surface area contributed by atoms with Crippen molar-refractivity contribution in [1.29, 1.82) is 0 Å². The average molecular weight is 225 g/mol. The van der Waals surface area contributed by atoms with Crippen molar-refractivity contribution in [3.63, 3.8) is 0 Å². The summed E-state index contributed by atoms with van der Waals surface area (Å²) < 4.78 is 0. The van der Waals surface area contributed by atoms with E-state index in [2.05, 4.69) is 25.7 Å². The van der Waals surface area contributed by atoms with E-state index in [-0.39, 0.29) is 0 Å². The number of hydrogen-bond donors (Lipinski definition) is 1. The first-order valence-electron chi connectivity index (χ1n) is 7.19. The van der Waals surface area contributed by atoms with Crippen LogP contribution in [0.3, 0.4) is 0 Å². The molecular formula is C15H31N. The second kappa shape index (κ2) is 12.8. The molecule has 1 atom stereocenters. The highest BCUT2D eigenvalue weighted by Gasteiger charge is 2.03. The molecule has 0 aromatic heterocycles. The SMILES string of the molecule is C=CCC(CCCCCCCCC)NCC. The second-order valence-corrected chi connectivity index (χ2v) is 4.69. The monoisotopic (exact) mass is 225 g/mol. The number of hydrogen-bond acceptors (Lipinski definition) is 1. The van der Waals surface area contributed by atoms with Crippen molar-refractivity contribution in [2.24, 2.45) is 0 Å². The highest BCUT2D eigenvalue weighted by atomic mass is 14.9. The first-order chi connectivity index (χ1) is 7.85. The smallest absolute Gasteiger partial charge is 0.0101 e. The van der Waals surface area contributed by atoms with E-state index in [1.807, 2.05) is 6.08 Å². The van der Waals surface area contributed by atoms with Crippen molar-refractivity contribution in [3.8, 4) is 0 Å². The predicted molar refractivity (Wildman–Crippen MR) is 74.9 cm³/mol. The Kier molecular flexibility index (Phi) is 12.5. The molecule has 0 heterocycles. The third-order valence-electron chi connectivity index (χ3n) is 3.10. The molecular weight excluding hydrogens is 194 g/mol. The van der Waals surface area contributed by atoms with Gasteiger partial charge in [0.1, 0.15) is 0 Å². The quantitative estimate of drug-likeness (QED) is 0.375. The molecule has 0 aromatic carbocycles. The lowest BCUT2D eigenvalue weighted by atomic mass is 10.0. The van der Waals surface area contributed by atoms with E-state index in [1.165, 1.54) is 51.4 Å². The van der Waals surface area contributed by atoms with Gasteiger partial charge in [0, 0.05) is 6.04 Å². The Balaban J connectivity index is 3.29. The lowest BCUT2D eigenvalue weighted by Crippen LogP contribution is -2.28. The van der Waals surface area contributed by atoms with Gasteiger partial charge in [0.05, 0.1) is 0 Å². The molecule has 96 valence electrons. The van der Waals surface area contributed by atoms with Gasteiger partial charge in [-0.05, 0) is 19.4 Å². The average Bonchev–Trinajstić information content (AvgIpc) is 2.28. The molecule has 0 saturated heterocycles. The van der Waals surface area contributed by atoms with Gasteiger partial charge in [-0.25, -0.2) is 0 Å². The maximum absolute atomic E-state index is 3.82. The second-order valence-electron chi connectivity index (χ2n) is 4.69. The zero-order valence-corrected chi connectivity index (χ0v) is 11.4. The van der Waals surface area contributed by atoms with Gasteiger partial charge >= 0.3 is 0 Å². The fourth-order valence-electron chi connectivity index (χ4n) is 2.14. The molecule has 0 aliphatic rings. The van der Waals surface area contributed by atoms with Crippen molar-refractivity contribution in [2.75, 3.05) is 6.54 Å². The van der Waals surface area contributed by atoms with Gasteiger partial charge in [-0.1, -0.05) is 64.9 Å². The number of unbranched alkanes of at least 4 members (excludes halogenated alkanes) is 6. The Morgan fingerprint density at radius 3 is 2.19 bits per heavy atom. The predicted octanol–water partition coefficient (Wildman–Crippen LogP) is 4.68. The van der Waals surface area contributed by atoms with E-state index >= 15 is 0 Å². The largest absolute Gasteiger partial charge is 0.314 e. The molecule has 1 nitrogen and oxygen atoms in total. The Hall–Kier alpha value is -0.300. The van der Waals surface area contributed by atoms with Gasteiger partial charge in [-0.15, -0.1) is 6.58 Å². The van der Waals surface area contributed by atoms with Crippen LogP contribution in [-0.2, 0) is 0 Å². The molecule has 0 fully saturated rings. The molecule has 0 aliphatic heterocycles. The highest BCUT2D eigenvalue weighted by molar-refractivity contribution is 4.77. The molecule has 0 rings (SSSR count). The molecule has 16 heavy (non-hydrogen) atoms. The lowest BCUT2D eigenvalue weighted by Gasteiger charge is -2.15. The molecule has 1 heteroatoms. The van der Waals surface area contributed by atoms with E-state index < -0.39 is 0 Å². The Morgan fingerprint density at radius 1 is 1.00 bits per heavy atom. The van der Waals surface area contributed by atoms with Gasteiger partial charge in [-0.3, -0.25) is 0 Å². The third-order valence-corrected chi connectivity index (χ3v) is 3.10. The molecule has 0 saturated carbocycles. The normalized spacial score (nSPS) is 12.6. The van der Waals surface area contributed by atoms with Gasteiger partial charge in [0.15, 0.2) is 0 Å². The molecule has 0 spiro atoms. The summed E-state index contributed by atoms with van der Waals surface area (Å²) in [5.41, 5.74) is 0. The topological polar surface area (TPSA) is 12.0 Å². The first-order valence-corrected chi connectivity index (χ1v) is 7.19. The summed E-state index contributed by atoms with van der Waals surface area (Å²) in [7, 11) is 0. The fraction of sp³-hybridized carbons (Fsp3) is 0.867. The summed E-state index contributed by atoms with van der Waals surface area (Å²) in [5.74, 6) is 0. The lowest BCUT2D eigenvalue weighted by molar-refractivity contribution is 0.464. The van der Waals surface area contributed by atoms with Gasteiger partial charge in [0.2, 0.25) is 0 Å². The van der Waals surface area contributed by atoms with Crippen molar-refractivity contribution in [1.82, 2.24) is 5.32 Å². The van der Waals surface area contributed by atoms with Crippen LogP contribution < -0.4 is 5.32 Å². The van der Waals surface area contributed by atoms with Crippen molar-refractivity contribution in [3.05, 3.63) is 12.7 Å². The summed E-state index contributed by atoms with van der Waals surface area (Å²) in [6, 6.07) is 0.665. The van der Waals surface area contributed by atoms with Crippen LogP contribution in [0, 0.1) is 0 Å². The summed E-state index contributed by atoms with van der Waals surface area (Å²) in [4.78, 5) is 0. The van der Waals surface area contributed by atoms with E-state index in [9.17, 15) is 0 Å². The molecule has 1 N–H and O–H groups in total. The summed E-state index contributed by atoms with van der Waals surface area (Å²) in [6.45, 7) is 9.35. The van der Waals surface area contributed by atoms with Crippen LogP contribution in [-0.4, -0.2) is 12.6 Å². The zero-order chi connectivity index (χ0) is 12.1. The Morgan fingerprint density at radius 2 is 1.62 bits per heavy atom. The maximum atomic E-state index is 3.82. The Labute approximate surface area is 103 Å². The van der Waals surface area contributed by atoms with Gasteiger partial charge < -0.3 is 5.32 Å². The van der Waals surface area contributed by atoms with Crippen LogP contribution in [0.4, 0.5) is 0 Å². The van der Waals surface area contributed by atoms with Crippen molar-refractivity contribution >= 4 is 0 Å². The molecule has 0 bridgehead atoms. The zero-order valence-electron chi connectivity index (χ0n) is 11.4. The minimum absolute atomic E-state index is 0.665. The summed E-state index contributed by atoms with van der Waals surface area (Å²) in [6.07, 6.45) is 14.3. The van der Waals surface area contributed by atoms with Crippen LogP contribution in [0.1, 0.15) is 71.6 Å². The van der Waals surface area contributed by atoms with E-state index in [0.717, 1.165) is 13.0 Å². The van der Waals surface area contributed by atoms with Crippen molar-refractivity contribution in [2.45, 2.75) is 77.7 Å². The number of rotatable bonds is 12. The minimum Gasteiger partial charge on any atom is -0.314 e. The fourth-order valence-corrected chi connectivity index (χ4v) is 2.14. The summed E-state index contributed by atoms with van der Waals surface area (Å²) >= 11 is 0. The van der Waals surface area contributed by atoms with Crippen LogP contribution >= 0.6 is 0 Å². The molecule has 0 aliphatic carbocycles. The van der Waals surface area contributed by atoms with E-state index in [0.29, 0.717) is 6.04 Å². The third kappa shape index (κ3) is 10.2.